The SMILES string of the molecule is Clc1ccccc1CNc1cccc2ccncc12. The molecule has 0 amide bonds. The van der Waals surface area contributed by atoms with Crippen LogP contribution in [-0.4, -0.2) is 4.98 Å². The summed E-state index contributed by atoms with van der Waals surface area (Å²) >= 11 is 6.16. The first-order chi connectivity index (χ1) is 9.34. The van der Waals surface area contributed by atoms with Gasteiger partial charge in [0.2, 0.25) is 0 Å². The third-order valence-corrected chi connectivity index (χ3v) is 3.48. The van der Waals surface area contributed by atoms with Gasteiger partial charge in [0.1, 0.15) is 0 Å². The number of benzene rings is 2. The summed E-state index contributed by atoms with van der Waals surface area (Å²) in [6.45, 7) is 0.702. The number of pyridine rings is 1. The van der Waals surface area contributed by atoms with Gasteiger partial charge in [-0.15, -0.1) is 0 Å². The van der Waals surface area contributed by atoms with E-state index in [1.165, 1.54) is 5.39 Å². The van der Waals surface area contributed by atoms with Gasteiger partial charge in [-0.1, -0.05) is 41.9 Å². The standard InChI is InChI=1S/C16H13ClN2/c17-15-6-2-1-4-13(15)10-19-16-7-3-5-12-8-9-18-11-14(12)16/h1-9,11,19H,10H2. The van der Waals surface area contributed by atoms with Crippen molar-refractivity contribution in [3.8, 4) is 0 Å². The van der Waals surface area contributed by atoms with Gasteiger partial charge < -0.3 is 5.32 Å². The molecule has 1 N–H and O–H groups in total. The lowest BCUT2D eigenvalue weighted by Gasteiger charge is -2.10. The number of aromatic nitrogens is 1. The highest BCUT2D eigenvalue weighted by molar-refractivity contribution is 6.31. The highest BCUT2D eigenvalue weighted by Crippen LogP contribution is 2.23. The van der Waals surface area contributed by atoms with E-state index in [-0.39, 0.29) is 0 Å². The van der Waals surface area contributed by atoms with Crippen LogP contribution in [0.15, 0.2) is 60.9 Å². The summed E-state index contributed by atoms with van der Waals surface area (Å²) in [4.78, 5) is 4.18. The van der Waals surface area contributed by atoms with Gasteiger partial charge in [-0.05, 0) is 29.1 Å². The van der Waals surface area contributed by atoms with Gasteiger partial charge in [-0.3, -0.25) is 4.98 Å². The Hall–Kier alpha value is -2.06. The number of hydrogen-bond donors (Lipinski definition) is 1. The lowest BCUT2D eigenvalue weighted by atomic mass is 10.1. The fraction of sp³-hybridized carbons (Fsp3) is 0.0625. The molecular formula is C16H13ClN2. The lowest BCUT2D eigenvalue weighted by Crippen LogP contribution is -2.00. The van der Waals surface area contributed by atoms with Gasteiger partial charge in [-0.2, -0.15) is 0 Å². The minimum absolute atomic E-state index is 0.702. The molecule has 0 aliphatic heterocycles. The van der Waals surface area contributed by atoms with Crippen molar-refractivity contribution >= 4 is 28.1 Å². The van der Waals surface area contributed by atoms with E-state index >= 15 is 0 Å². The van der Waals surface area contributed by atoms with Crippen LogP contribution in [0.1, 0.15) is 5.56 Å². The predicted octanol–water partition coefficient (Wildman–Crippen LogP) is 4.50. The number of nitrogens with zero attached hydrogens (tertiary/aromatic N) is 1. The highest BCUT2D eigenvalue weighted by atomic mass is 35.5. The van der Waals surface area contributed by atoms with Crippen molar-refractivity contribution in [1.82, 2.24) is 4.98 Å². The van der Waals surface area contributed by atoms with Gasteiger partial charge in [-0.25, -0.2) is 0 Å². The number of rotatable bonds is 3. The summed E-state index contributed by atoms with van der Waals surface area (Å²) in [5, 5.41) is 6.51. The summed E-state index contributed by atoms with van der Waals surface area (Å²) in [6, 6.07) is 16.1. The van der Waals surface area contributed by atoms with Gasteiger partial charge in [0.15, 0.2) is 0 Å². The molecule has 2 aromatic carbocycles. The zero-order valence-corrected chi connectivity index (χ0v) is 11.1. The average molecular weight is 269 g/mol. The molecule has 1 heterocycles. The first-order valence-corrected chi connectivity index (χ1v) is 6.52. The van der Waals surface area contributed by atoms with Crippen LogP contribution in [0.2, 0.25) is 5.02 Å². The number of halogens is 1. The first-order valence-electron chi connectivity index (χ1n) is 6.14. The quantitative estimate of drug-likeness (QED) is 0.756. The summed E-state index contributed by atoms with van der Waals surface area (Å²) in [6.07, 6.45) is 3.68. The molecule has 19 heavy (non-hydrogen) atoms. The van der Waals surface area contributed by atoms with E-state index in [9.17, 15) is 0 Å². The summed E-state index contributed by atoms with van der Waals surface area (Å²) in [5.41, 5.74) is 2.16. The predicted molar refractivity (Wildman–Crippen MR) is 80.5 cm³/mol. The molecule has 0 unspecified atom stereocenters. The summed E-state index contributed by atoms with van der Waals surface area (Å²) in [5.74, 6) is 0. The van der Waals surface area contributed by atoms with Crippen molar-refractivity contribution in [2.24, 2.45) is 0 Å². The van der Waals surface area contributed by atoms with Gasteiger partial charge in [0.05, 0.1) is 0 Å². The van der Waals surface area contributed by atoms with Crippen molar-refractivity contribution in [2.45, 2.75) is 6.54 Å². The van der Waals surface area contributed by atoms with E-state index in [1.54, 1.807) is 6.20 Å². The molecule has 94 valence electrons. The molecule has 0 saturated carbocycles. The molecule has 0 saturated heterocycles. The Labute approximate surface area is 117 Å². The molecule has 3 aromatic rings. The van der Waals surface area contributed by atoms with E-state index in [4.69, 9.17) is 11.6 Å². The maximum atomic E-state index is 6.16. The summed E-state index contributed by atoms with van der Waals surface area (Å²) in [7, 11) is 0. The van der Waals surface area contributed by atoms with Crippen LogP contribution in [0, 0.1) is 0 Å². The third-order valence-electron chi connectivity index (χ3n) is 3.11. The van der Waals surface area contributed by atoms with Crippen LogP contribution < -0.4 is 5.32 Å². The topological polar surface area (TPSA) is 24.9 Å². The minimum Gasteiger partial charge on any atom is -0.380 e. The zero-order valence-electron chi connectivity index (χ0n) is 10.3. The van der Waals surface area contributed by atoms with E-state index in [0.29, 0.717) is 6.54 Å². The molecule has 3 heteroatoms. The largest absolute Gasteiger partial charge is 0.380 e. The molecular weight excluding hydrogens is 256 g/mol. The molecule has 0 spiro atoms. The average Bonchev–Trinajstić information content (AvgIpc) is 2.46. The van der Waals surface area contributed by atoms with Crippen molar-refractivity contribution in [2.75, 3.05) is 5.32 Å². The molecule has 1 aromatic heterocycles. The Morgan fingerprint density at radius 3 is 2.79 bits per heavy atom. The van der Waals surface area contributed by atoms with Crippen molar-refractivity contribution in [1.29, 1.82) is 0 Å². The second-order valence-electron chi connectivity index (χ2n) is 4.35. The number of anilines is 1. The van der Waals surface area contributed by atoms with Crippen molar-refractivity contribution in [3.05, 3.63) is 71.5 Å². The maximum Gasteiger partial charge on any atom is 0.0455 e. The fourth-order valence-corrected chi connectivity index (χ4v) is 2.30. The molecule has 0 bridgehead atoms. The van der Waals surface area contributed by atoms with E-state index in [2.05, 4.69) is 22.4 Å². The molecule has 0 aliphatic carbocycles. The van der Waals surface area contributed by atoms with Crippen LogP contribution in [0.4, 0.5) is 5.69 Å². The van der Waals surface area contributed by atoms with E-state index < -0.39 is 0 Å². The summed E-state index contributed by atoms with van der Waals surface area (Å²) < 4.78 is 0. The number of hydrogen-bond acceptors (Lipinski definition) is 2. The van der Waals surface area contributed by atoms with Gasteiger partial charge in [0, 0.05) is 35.0 Å². The molecule has 0 fully saturated rings. The first kappa shape index (κ1) is 12.0. The van der Waals surface area contributed by atoms with E-state index in [1.807, 2.05) is 42.6 Å². The zero-order chi connectivity index (χ0) is 13.1. The highest BCUT2D eigenvalue weighted by Gasteiger charge is 2.02. The molecule has 0 radical (unpaired) electrons. The Kier molecular flexibility index (Phi) is 3.34. The smallest absolute Gasteiger partial charge is 0.0455 e. The maximum absolute atomic E-state index is 6.16. The van der Waals surface area contributed by atoms with Crippen LogP contribution >= 0.6 is 11.6 Å². The number of nitrogens with one attached hydrogen (secondary N) is 1. The fourth-order valence-electron chi connectivity index (χ4n) is 2.10. The normalized spacial score (nSPS) is 10.6. The Morgan fingerprint density at radius 2 is 1.89 bits per heavy atom. The minimum atomic E-state index is 0.702. The molecule has 0 atom stereocenters. The molecule has 0 aliphatic rings. The number of fused-ring (bicyclic) bond motifs is 1. The van der Waals surface area contributed by atoms with Crippen molar-refractivity contribution < 1.29 is 0 Å². The Balaban J connectivity index is 1.88. The van der Waals surface area contributed by atoms with Gasteiger partial charge >= 0.3 is 0 Å². The Morgan fingerprint density at radius 1 is 1.00 bits per heavy atom. The second kappa shape index (κ2) is 5.29. The lowest BCUT2D eigenvalue weighted by molar-refractivity contribution is 1.15. The monoisotopic (exact) mass is 268 g/mol. The molecule has 3 rings (SSSR count). The van der Waals surface area contributed by atoms with E-state index in [0.717, 1.165) is 21.7 Å². The third kappa shape index (κ3) is 2.54. The van der Waals surface area contributed by atoms with Crippen LogP contribution in [-0.2, 0) is 6.54 Å². The van der Waals surface area contributed by atoms with Crippen LogP contribution in [0.5, 0.6) is 0 Å². The van der Waals surface area contributed by atoms with Crippen LogP contribution in [0.3, 0.4) is 0 Å². The van der Waals surface area contributed by atoms with Crippen molar-refractivity contribution in [3.63, 3.8) is 0 Å². The Bertz CT molecular complexity index is 704. The molecule has 2 nitrogen and oxygen atoms in total. The second-order valence-corrected chi connectivity index (χ2v) is 4.75. The van der Waals surface area contributed by atoms with Crippen LogP contribution in [0.25, 0.3) is 10.8 Å². The van der Waals surface area contributed by atoms with Gasteiger partial charge in [0.25, 0.3) is 0 Å².